The number of carbonyl (C=O) groups excluding carboxylic acids is 1. The zero-order chi connectivity index (χ0) is 21.3. The number of anilines is 1. The molecule has 6 nitrogen and oxygen atoms in total. The van der Waals surface area contributed by atoms with E-state index in [1.807, 2.05) is 27.7 Å². The van der Waals surface area contributed by atoms with Gasteiger partial charge in [0.25, 0.3) is 15.9 Å². The minimum atomic E-state index is -3.91. The van der Waals surface area contributed by atoms with Gasteiger partial charge in [0.15, 0.2) is 6.10 Å². The molecule has 2 unspecified atom stereocenters. The summed E-state index contributed by atoms with van der Waals surface area (Å²) in [6.45, 7) is 7.65. The van der Waals surface area contributed by atoms with Crippen LogP contribution in [0, 0.1) is 12.8 Å². The van der Waals surface area contributed by atoms with Crippen molar-refractivity contribution in [3.05, 3.63) is 53.1 Å². The maximum absolute atomic E-state index is 13.4. The van der Waals surface area contributed by atoms with Crippen molar-refractivity contribution >= 4 is 33.2 Å². The summed E-state index contributed by atoms with van der Waals surface area (Å²) in [5, 5.41) is 3.28. The molecule has 2 aromatic rings. The number of hydrogen-bond donors (Lipinski definition) is 1. The molecular weight excluding hydrogens is 412 g/mol. The molecule has 1 amide bonds. The SMILES string of the molecule is Cc1ccc(S(=O)(=O)N2CC(C(=O)NC(C)C(C)C)Oc3ccc(Cl)cc32)cc1. The van der Waals surface area contributed by atoms with Gasteiger partial charge in [-0.05, 0) is 50.1 Å². The highest BCUT2D eigenvalue weighted by Crippen LogP contribution is 2.38. The van der Waals surface area contributed by atoms with Gasteiger partial charge in [-0.1, -0.05) is 43.1 Å². The van der Waals surface area contributed by atoms with Gasteiger partial charge in [-0.3, -0.25) is 9.10 Å². The van der Waals surface area contributed by atoms with E-state index in [4.69, 9.17) is 16.3 Å². The lowest BCUT2D eigenvalue weighted by Gasteiger charge is -2.35. The second-order valence-corrected chi connectivity index (χ2v) is 9.91. The first-order valence-corrected chi connectivity index (χ1v) is 11.3. The number of carbonyl (C=O) groups is 1. The first-order chi connectivity index (χ1) is 13.6. The van der Waals surface area contributed by atoms with Gasteiger partial charge in [0.05, 0.1) is 17.1 Å². The molecule has 0 radical (unpaired) electrons. The predicted octanol–water partition coefficient (Wildman–Crippen LogP) is 3.77. The van der Waals surface area contributed by atoms with Crippen molar-refractivity contribution < 1.29 is 17.9 Å². The molecule has 2 atom stereocenters. The molecule has 0 saturated heterocycles. The van der Waals surface area contributed by atoms with E-state index in [-0.39, 0.29) is 29.3 Å². The molecule has 156 valence electrons. The fourth-order valence-electron chi connectivity index (χ4n) is 2.91. The van der Waals surface area contributed by atoms with Gasteiger partial charge in [0, 0.05) is 11.1 Å². The minimum Gasteiger partial charge on any atom is -0.476 e. The van der Waals surface area contributed by atoms with Crippen molar-refractivity contribution in [3.63, 3.8) is 0 Å². The molecule has 2 aromatic carbocycles. The molecule has 0 saturated carbocycles. The number of rotatable bonds is 5. The zero-order valence-corrected chi connectivity index (χ0v) is 18.4. The number of nitrogens with zero attached hydrogens (tertiary/aromatic N) is 1. The van der Waals surface area contributed by atoms with Crippen molar-refractivity contribution in [2.75, 3.05) is 10.8 Å². The fraction of sp³-hybridized carbons (Fsp3) is 0.381. The third-order valence-electron chi connectivity index (χ3n) is 5.06. The van der Waals surface area contributed by atoms with Gasteiger partial charge in [0.2, 0.25) is 0 Å². The normalized spacial score (nSPS) is 17.4. The monoisotopic (exact) mass is 436 g/mol. The van der Waals surface area contributed by atoms with Crippen LogP contribution >= 0.6 is 11.6 Å². The Kier molecular flexibility index (Phi) is 6.10. The quantitative estimate of drug-likeness (QED) is 0.774. The average Bonchev–Trinajstić information content (AvgIpc) is 2.67. The molecule has 0 fully saturated rings. The smallest absolute Gasteiger partial charge is 0.264 e. The summed E-state index contributed by atoms with van der Waals surface area (Å²) in [6.07, 6.45) is -0.968. The molecule has 0 bridgehead atoms. The van der Waals surface area contributed by atoms with E-state index in [9.17, 15) is 13.2 Å². The van der Waals surface area contributed by atoms with Crippen LogP contribution in [0.5, 0.6) is 5.75 Å². The summed E-state index contributed by atoms with van der Waals surface area (Å²) < 4.78 is 33.8. The Morgan fingerprint density at radius 1 is 1.17 bits per heavy atom. The van der Waals surface area contributed by atoms with E-state index in [2.05, 4.69) is 5.32 Å². The first-order valence-electron chi connectivity index (χ1n) is 9.45. The Balaban J connectivity index is 1.99. The average molecular weight is 437 g/mol. The Hall–Kier alpha value is -2.25. The molecule has 1 heterocycles. The lowest BCUT2D eigenvalue weighted by molar-refractivity contribution is -0.128. The van der Waals surface area contributed by atoms with Gasteiger partial charge in [-0.2, -0.15) is 0 Å². The van der Waals surface area contributed by atoms with Crippen LogP contribution in [0.3, 0.4) is 0 Å². The third kappa shape index (κ3) is 4.51. The summed E-state index contributed by atoms with van der Waals surface area (Å²) in [6, 6.07) is 11.2. The van der Waals surface area contributed by atoms with Crippen molar-refractivity contribution in [2.45, 2.75) is 44.7 Å². The highest BCUT2D eigenvalue weighted by Gasteiger charge is 2.38. The van der Waals surface area contributed by atoms with Crippen molar-refractivity contribution in [3.8, 4) is 5.75 Å². The molecule has 0 aromatic heterocycles. The van der Waals surface area contributed by atoms with Crippen molar-refractivity contribution in [1.29, 1.82) is 0 Å². The lowest BCUT2D eigenvalue weighted by Crippen LogP contribution is -2.52. The number of halogens is 1. The number of fused-ring (bicyclic) bond motifs is 1. The van der Waals surface area contributed by atoms with Gasteiger partial charge in [-0.25, -0.2) is 8.42 Å². The number of nitrogens with one attached hydrogen (secondary N) is 1. The van der Waals surface area contributed by atoms with Gasteiger partial charge in [0.1, 0.15) is 5.75 Å². The van der Waals surface area contributed by atoms with Crippen LogP contribution in [0.2, 0.25) is 5.02 Å². The summed E-state index contributed by atoms with van der Waals surface area (Å²) in [5.74, 6) is 0.186. The standard InChI is InChI=1S/C21H25ClN2O4S/c1-13(2)15(4)23-21(25)20-12-24(18-11-16(22)7-10-19(18)28-20)29(26,27)17-8-5-14(3)6-9-17/h5-11,13,15,20H,12H2,1-4H3,(H,23,25). The number of ether oxygens (including phenoxy) is 1. The second kappa shape index (κ2) is 8.24. The van der Waals surface area contributed by atoms with Gasteiger partial charge in [-0.15, -0.1) is 0 Å². The number of benzene rings is 2. The van der Waals surface area contributed by atoms with Crippen molar-refractivity contribution in [1.82, 2.24) is 5.32 Å². The Labute approximate surface area is 176 Å². The first kappa shape index (κ1) is 21.5. The molecule has 1 aliphatic heterocycles. The maximum atomic E-state index is 13.4. The van der Waals surface area contributed by atoms with Gasteiger partial charge >= 0.3 is 0 Å². The molecule has 8 heteroatoms. The van der Waals surface area contributed by atoms with Crippen molar-refractivity contribution in [2.24, 2.45) is 5.92 Å². The number of aryl methyl sites for hydroxylation is 1. The number of hydrogen-bond acceptors (Lipinski definition) is 4. The summed E-state index contributed by atoms with van der Waals surface area (Å²) in [7, 11) is -3.91. The molecule has 1 aliphatic rings. The van der Waals surface area contributed by atoms with Crippen LogP contribution in [0.1, 0.15) is 26.3 Å². The van der Waals surface area contributed by atoms with Crippen LogP contribution < -0.4 is 14.4 Å². The van der Waals surface area contributed by atoms with E-state index >= 15 is 0 Å². The summed E-state index contributed by atoms with van der Waals surface area (Å²) in [5.41, 5.74) is 1.27. The Morgan fingerprint density at radius 2 is 1.83 bits per heavy atom. The van der Waals surface area contributed by atoms with Crippen LogP contribution in [-0.2, 0) is 14.8 Å². The Morgan fingerprint density at radius 3 is 2.45 bits per heavy atom. The third-order valence-corrected chi connectivity index (χ3v) is 7.09. The number of amides is 1. The van der Waals surface area contributed by atoms with E-state index in [0.717, 1.165) is 5.56 Å². The lowest BCUT2D eigenvalue weighted by atomic mass is 10.1. The zero-order valence-electron chi connectivity index (χ0n) is 16.8. The Bertz CT molecular complexity index is 1010. The summed E-state index contributed by atoms with van der Waals surface area (Å²) in [4.78, 5) is 12.9. The molecule has 0 spiro atoms. The molecular formula is C21H25ClN2O4S. The van der Waals surface area contributed by atoms with Crippen LogP contribution in [0.25, 0.3) is 0 Å². The fourth-order valence-corrected chi connectivity index (χ4v) is 4.54. The highest BCUT2D eigenvalue weighted by molar-refractivity contribution is 7.92. The molecule has 29 heavy (non-hydrogen) atoms. The van der Waals surface area contributed by atoms with Gasteiger partial charge < -0.3 is 10.1 Å². The molecule has 0 aliphatic carbocycles. The molecule has 3 rings (SSSR count). The number of sulfonamides is 1. The largest absolute Gasteiger partial charge is 0.476 e. The van der Waals surface area contributed by atoms with E-state index < -0.39 is 16.1 Å². The maximum Gasteiger partial charge on any atom is 0.264 e. The minimum absolute atomic E-state index is 0.0696. The second-order valence-electron chi connectivity index (χ2n) is 7.61. The van der Waals surface area contributed by atoms with E-state index in [1.54, 1.807) is 36.4 Å². The topological polar surface area (TPSA) is 75.7 Å². The van der Waals surface area contributed by atoms with E-state index in [0.29, 0.717) is 16.5 Å². The van der Waals surface area contributed by atoms with Crippen LogP contribution in [0.4, 0.5) is 5.69 Å². The molecule has 1 N–H and O–H groups in total. The van der Waals surface area contributed by atoms with E-state index in [1.165, 1.54) is 10.4 Å². The van der Waals surface area contributed by atoms with Crippen LogP contribution in [0.15, 0.2) is 47.4 Å². The summed E-state index contributed by atoms with van der Waals surface area (Å²) >= 11 is 6.11. The van der Waals surface area contributed by atoms with Crippen LogP contribution in [-0.4, -0.2) is 33.0 Å². The predicted molar refractivity (Wildman–Crippen MR) is 114 cm³/mol. The highest BCUT2D eigenvalue weighted by atomic mass is 35.5.